The summed E-state index contributed by atoms with van der Waals surface area (Å²) in [6.07, 6.45) is 3.98. The monoisotopic (exact) mass is 421 g/mol. The number of hydrogen-bond acceptors (Lipinski definition) is 6. The van der Waals surface area contributed by atoms with Gasteiger partial charge in [-0.1, -0.05) is 36.8 Å². The third-order valence-electron chi connectivity index (χ3n) is 4.55. The second kappa shape index (κ2) is 9.09. The molecular formula is C23H23N3O3S. The summed E-state index contributed by atoms with van der Waals surface area (Å²) in [4.78, 5) is 17.9. The van der Waals surface area contributed by atoms with E-state index in [2.05, 4.69) is 17.0 Å². The van der Waals surface area contributed by atoms with Crippen molar-refractivity contribution in [1.82, 2.24) is 14.6 Å². The van der Waals surface area contributed by atoms with Gasteiger partial charge in [0, 0.05) is 5.56 Å². The maximum atomic E-state index is 12.7. The number of ether oxygens (including phenoxy) is 2. The van der Waals surface area contributed by atoms with Crippen LogP contribution in [0, 0.1) is 0 Å². The van der Waals surface area contributed by atoms with Crippen LogP contribution in [0.2, 0.25) is 0 Å². The lowest BCUT2D eigenvalue weighted by Crippen LogP contribution is -2.23. The Kier molecular flexibility index (Phi) is 6.09. The van der Waals surface area contributed by atoms with E-state index in [1.165, 1.54) is 15.9 Å². The molecule has 0 aliphatic heterocycles. The molecule has 0 N–H and O–H groups in total. The first-order chi connectivity index (χ1) is 14.7. The Hall–Kier alpha value is -3.19. The van der Waals surface area contributed by atoms with Gasteiger partial charge < -0.3 is 9.47 Å². The highest BCUT2D eigenvalue weighted by Crippen LogP contribution is 2.21. The van der Waals surface area contributed by atoms with Crippen LogP contribution in [0.5, 0.6) is 11.5 Å². The molecule has 0 fully saturated rings. The summed E-state index contributed by atoms with van der Waals surface area (Å²) in [5.74, 6) is 2.17. The van der Waals surface area contributed by atoms with Crippen molar-refractivity contribution >= 4 is 22.4 Å². The van der Waals surface area contributed by atoms with Crippen molar-refractivity contribution in [3.05, 3.63) is 69.0 Å². The van der Waals surface area contributed by atoms with E-state index in [9.17, 15) is 4.79 Å². The Morgan fingerprint density at radius 3 is 2.37 bits per heavy atom. The number of fused-ring (bicyclic) bond motifs is 1. The van der Waals surface area contributed by atoms with Gasteiger partial charge in [0.2, 0.25) is 4.96 Å². The van der Waals surface area contributed by atoms with Crippen LogP contribution in [0.25, 0.3) is 22.4 Å². The van der Waals surface area contributed by atoms with Gasteiger partial charge in [0.05, 0.1) is 17.7 Å². The minimum atomic E-state index is -0.165. The number of unbranched alkanes of at least 4 members (excludes halogenated alkanes) is 1. The molecule has 0 atom stereocenters. The van der Waals surface area contributed by atoms with E-state index in [-0.39, 0.29) is 5.56 Å². The molecule has 0 saturated heterocycles. The summed E-state index contributed by atoms with van der Waals surface area (Å²) in [7, 11) is 0. The van der Waals surface area contributed by atoms with Crippen molar-refractivity contribution in [3.8, 4) is 22.9 Å². The van der Waals surface area contributed by atoms with E-state index in [1.807, 2.05) is 61.5 Å². The molecule has 0 radical (unpaired) electrons. The molecular weight excluding hydrogens is 398 g/mol. The van der Waals surface area contributed by atoms with Crippen LogP contribution < -0.4 is 19.6 Å². The van der Waals surface area contributed by atoms with E-state index in [0.29, 0.717) is 28.5 Å². The van der Waals surface area contributed by atoms with Crippen LogP contribution >= 0.6 is 11.3 Å². The molecule has 4 aromatic rings. The fraction of sp³-hybridized carbons (Fsp3) is 0.261. The molecule has 0 bridgehead atoms. The Morgan fingerprint density at radius 2 is 1.70 bits per heavy atom. The van der Waals surface area contributed by atoms with Crippen LogP contribution in [0.4, 0.5) is 0 Å². The first-order valence-corrected chi connectivity index (χ1v) is 10.9. The summed E-state index contributed by atoms with van der Waals surface area (Å²) in [5, 5.41) is 4.41. The molecule has 0 spiro atoms. The van der Waals surface area contributed by atoms with Gasteiger partial charge in [0.1, 0.15) is 11.5 Å². The number of thiazole rings is 1. The number of nitrogens with zero attached hydrogens (tertiary/aromatic N) is 3. The molecule has 0 aliphatic rings. The van der Waals surface area contributed by atoms with E-state index >= 15 is 0 Å². The minimum Gasteiger partial charge on any atom is -0.494 e. The smallest absolute Gasteiger partial charge is 0.291 e. The standard InChI is InChI=1S/C23H23N3O3S/c1-3-5-14-29-19-12-8-17(9-13-19)21-24-23-26(25-21)22(27)20(30-23)15-16-6-10-18(11-7-16)28-4-2/h6-13,15H,3-5,14H2,1-2H3. The maximum Gasteiger partial charge on any atom is 0.291 e. The van der Waals surface area contributed by atoms with Gasteiger partial charge >= 0.3 is 0 Å². The van der Waals surface area contributed by atoms with Gasteiger partial charge in [-0.05, 0) is 61.4 Å². The van der Waals surface area contributed by atoms with Gasteiger partial charge in [-0.3, -0.25) is 4.79 Å². The second-order valence-electron chi connectivity index (χ2n) is 6.77. The zero-order valence-corrected chi connectivity index (χ0v) is 17.8. The van der Waals surface area contributed by atoms with Crippen molar-refractivity contribution in [2.45, 2.75) is 26.7 Å². The maximum absolute atomic E-state index is 12.7. The molecule has 0 aliphatic carbocycles. The quantitative estimate of drug-likeness (QED) is 0.403. The number of rotatable bonds is 8. The zero-order valence-electron chi connectivity index (χ0n) is 17.0. The Morgan fingerprint density at radius 1 is 1.00 bits per heavy atom. The first kappa shape index (κ1) is 20.1. The van der Waals surface area contributed by atoms with Gasteiger partial charge in [-0.15, -0.1) is 5.10 Å². The van der Waals surface area contributed by atoms with E-state index in [4.69, 9.17) is 9.47 Å². The van der Waals surface area contributed by atoms with Gasteiger partial charge in [-0.2, -0.15) is 9.50 Å². The third kappa shape index (κ3) is 4.36. The summed E-state index contributed by atoms with van der Waals surface area (Å²) in [5.41, 5.74) is 1.62. The van der Waals surface area contributed by atoms with Gasteiger partial charge in [0.15, 0.2) is 5.82 Å². The van der Waals surface area contributed by atoms with E-state index < -0.39 is 0 Å². The van der Waals surface area contributed by atoms with Crippen LogP contribution in [0.3, 0.4) is 0 Å². The van der Waals surface area contributed by atoms with Gasteiger partial charge in [-0.25, -0.2) is 0 Å². The summed E-state index contributed by atoms with van der Waals surface area (Å²) >= 11 is 1.33. The molecule has 6 nitrogen and oxygen atoms in total. The van der Waals surface area contributed by atoms with Crippen LogP contribution in [0.1, 0.15) is 32.3 Å². The fourth-order valence-corrected chi connectivity index (χ4v) is 3.88. The van der Waals surface area contributed by atoms with Crippen LogP contribution in [-0.2, 0) is 0 Å². The lowest BCUT2D eigenvalue weighted by Gasteiger charge is -2.05. The first-order valence-electron chi connectivity index (χ1n) is 10.1. The number of hydrogen-bond donors (Lipinski definition) is 0. The highest BCUT2D eigenvalue weighted by Gasteiger charge is 2.12. The fourth-order valence-electron chi connectivity index (χ4n) is 2.97. The molecule has 0 saturated carbocycles. The average Bonchev–Trinajstić information content (AvgIpc) is 3.30. The summed E-state index contributed by atoms with van der Waals surface area (Å²) in [6.45, 7) is 5.41. The molecule has 4 rings (SSSR count). The second-order valence-corrected chi connectivity index (χ2v) is 7.78. The van der Waals surface area contributed by atoms with Crippen molar-refractivity contribution in [1.29, 1.82) is 0 Å². The Bertz CT molecular complexity index is 1230. The molecule has 7 heteroatoms. The van der Waals surface area contributed by atoms with E-state index in [1.54, 1.807) is 0 Å². The molecule has 2 heterocycles. The summed E-state index contributed by atoms with van der Waals surface area (Å²) in [6, 6.07) is 15.3. The Balaban J connectivity index is 1.57. The predicted octanol–water partition coefficient (Wildman–Crippen LogP) is 3.94. The van der Waals surface area contributed by atoms with Crippen molar-refractivity contribution in [3.63, 3.8) is 0 Å². The molecule has 0 amide bonds. The summed E-state index contributed by atoms with van der Waals surface area (Å²) < 4.78 is 13.1. The lowest BCUT2D eigenvalue weighted by atomic mass is 10.2. The molecule has 2 aromatic heterocycles. The molecule has 2 aromatic carbocycles. The number of aromatic nitrogens is 3. The molecule has 0 unspecified atom stereocenters. The van der Waals surface area contributed by atoms with Gasteiger partial charge in [0.25, 0.3) is 5.56 Å². The van der Waals surface area contributed by atoms with Crippen LogP contribution in [0.15, 0.2) is 53.3 Å². The topological polar surface area (TPSA) is 65.7 Å². The predicted molar refractivity (Wildman–Crippen MR) is 119 cm³/mol. The minimum absolute atomic E-state index is 0.165. The SMILES string of the molecule is CCCCOc1ccc(-c2nc3sc(=Cc4ccc(OCC)cc4)c(=O)n3n2)cc1. The zero-order chi connectivity index (χ0) is 20.9. The van der Waals surface area contributed by atoms with Crippen molar-refractivity contribution in [2.75, 3.05) is 13.2 Å². The largest absolute Gasteiger partial charge is 0.494 e. The van der Waals surface area contributed by atoms with E-state index in [0.717, 1.165) is 35.5 Å². The van der Waals surface area contributed by atoms with Crippen molar-refractivity contribution < 1.29 is 9.47 Å². The Labute approximate surface area is 178 Å². The molecule has 154 valence electrons. The highest BCUT2D eigenvalue weighted by molar-refractivity contribution is 7.15. The number of benzene rings is 2. The highest BCUT2D eigenvalue weighted by atomic mass is 32.1. The van der Waals surface area contributed by atoms with Crippen molar-refractivity contribution in [2.24, 2.45) is 0 Å². The van der Waals surface area contributed by atoms with Crippen LogP contribution in [-0.4, -0.2) is 27.8 Å². The normalized spacial score (nSPS) is 11.9. The third-order valence-corrected chi connectivity index (χ3v) is 5.51. The average molecular weight is 422 g/mol. The molecule has 30 heavy (non-hydrogen) atoms. The lowest BCUT2D eigenvalue weighted by molar-refractivity contribution is 0.309.